The fourth-order valence-electron chi connectivity index (χ4n) is 0.924. The van der Waals surface area contributed by atoms with E-state index < -0.39 is 23.3 Å². The fourth-order valence-corrected chi connectivity index (χ4v) is 1.84. The van der Waals surface area contributed by atoms with Gasteiger partial charge >= 0.3 is 11.7 Å². The fraction of sp³-hybridized carbons (Fsp3) is 0.375. The summed E-state index contributed by atoms with van der Waals surface area (Å²) >= 11 is 1.14. The van der Waals surface area contributed by atoms with E-state index in [2.05, 4.69) is 9.97 Å². The molecule has 0 saturated heterocycles. The van der Waals surface area contributed by atoms with Gasteiger partial charge in [-0.15, -0.1) is 11.8 Å². The van der Waals surface area contributed by atoms with Crippen LogP contribution in [0.4, 0.5) is 0 Å². The Morgan fingerprint density at radius 1 is 1.56 bits per heavy atom. The van der Waals surface area contributed by atoms with Crippen LogP contribution in [0.2, 0.25) is 0 Å². The highest BCUT2D eigenvalue weighted by Gasteiger charge is 2.11. The molecule has 0 aliphatic carbocycles. The molecule has 1 atom stereocenters. The summed E-state index contributed by atoms with van der Waals surface area (Å²) in [5.74, 6) is -0.682. The van der Waals surface area contributed by atoms with Crippen molar-refractivity contribution in [3.8, 4) is 0 Å². The second kappa shape index (κ2) is 5.52. The molecular formula is C8H11N3O4S. The summed E-state index contributed by atoms with van der Waals surface area (Å²) in [6, 6.07) is -0.936. The molecule has 0 saturated carbocycles. The van der Waals surface area contributed by atoms with E-state index >= 15 is 0 Å². The standard InChI is InChI=1S/C8H11N3O4S/c9-4(7(13)14)1-2-16-5-3-10-8(15)11-6(5)12/h3-4H,1-2,9H2,(H,13,14)(H2,10,11,12,15). The van der Waals surface area contributed by atoms with E-state index in [1.54, 1.807) is 0 Å². The Balaban J connectivity index is 2.53. The first-order valence-corrected chi connectivity index (χ1v) is 5.42. The summed E-state index contributed by atoms with van der Waals surface area (Å²) in [7, 11) is 0. The van der Waals surface area contributed by atoms with Gasteiger partial charge in [0.1, 0.15) is 6.04 Å². The molecule has 1 aromatic rings. The summed E-state index contributed by atoms with van der Waals surface area (Å²) in [5.41, 5.74) is 4.23. The van der Waals surface area contributed by atoms with Crippen LogP contribution >= 0.6 is 11.8 Å². The number of aliphatic carboxylic acids is 1. The van der Waals surface area contributed by atoms with Gasteiger partial charge in [0.25, 0.3) is 5.56 Å². The summed E-state index contributed by atoms with van der Waals surface area (Å²) < 4.78 is 0. The number of rotatable bonds is 5. The Bertz CT molecular complexity index is 481. The molecule has 0 radical (unpaired) electrons. The minimum absolute atomic E-state index is 0.249. The average molecular weight is 245 g/mol. The lowest BCUT2D eigenvalue weighted by molar-refractivity contribution is -0.138. The first-order valence-electron chi connectivity index (χ1n) is 4.44. The molecule has 0 bridgehead atoms. The van der Waals surface area contributed by atoms with Gasteiger partial charge in [-0.1, -0.05) is 0 Å². The molecule has 0 amide bonds. The number of hydrogen-bond acceptors (Lipinski definition) is 5. The van der Waals surface area contributed by atoms with E-state index in [0.717, 1.165) is 11.8 Å². The largest absolute Gasteiger partial charge is 0.480 e. The third kappa shape index (κ3) is 3.55. The lowest BCUT2D eigenvalue weighted by atomic mass is 10.2. The van der Waals surface area contributed by atoms with E-state index in [4.69, 9.17) is 10.8 Å². The number of thioether (sulfide) groups is 1. The maximum absolute atomic E-state index is 11.2. The van der Waals surface area contributed by atoms with Crippen LogP contribution in [0.1, 0.15) is 6.42 Å². The Kier molecular flexibility index (Phi) is 4.32. The predicted molar refractivity (Wildman–Crippen MR) is 58.6 cm³/mol. The van der Waals surface area contributed by atoms with Crippen molar-refractivity contribution in [1.29, 1.82) is 0 Å². The van der Waals surface area contributed by atoms with E-state index in [1.807, 2.05) is 0 Å². The lowest BCUT2D eigenvalue weighted by Crippen LogP contribution is -2.30. The minimum atomic E-state index is -1.07. The number of nitrogens with two attached hydrogens (primary N) is 1. The zero-order valence-corrected chi connectivity index (χ0v) is 9.04. The van der Waals surface area contributed by atoms with Crippen LogP contribution in [0.5, 0.6) is 0 Å². The smallest absolute Gasteiger partial charge is 0.325 e. The van der Waals surface area contributed by atoms with Crippen molar-refractivity contribution in [2.24, 2.45) is 5.73 Å². The number of carbonyl (C=O) groups is 1. The number of carboxylic acids is 1. The highest BCUT2D eigenvalue weighted by Crippen LogP contribution is 2.12. The van der Waals surface area contributed by atoms with Crippen molar-refractivity contribution in [2.75, 3.05) is 5.75 Å². The van der Waals surface area contributed by atoms with E-state index in [1.165, 1.54) is 6.20 Å². The van der Waals surface area contributed by atoms with Gasteiger partial charge in [-0.05, 0) is 6.42 Å². The number of carboxylic acid groups (broad SMARTS) is 1. The second-order valence-electron chi connectivity index (χ2n) is 3.02. The van der Waals surface area contributed by atoms with Gasteiger partial charge < -0.3 is 15.8 Å². The molecule has 1 aromatic heterocycles. The van der Waals surface area contributed by atoms with Crippen molar-refractivity contribution in [2.45, 2.75) is 17.4 Å². The Morgan fingerprint density at radius 3 is 2.81 bits per heavy atom. The molecule has 16 heavy (non-hydrogen) atoms. The SMILES string of the molecule is NC(CCSc1c[nH]c(=O)[nH]c1=O)C(=O)O. The summed E-state index contributed by atoms with van der Waals surface area (Å²) in [4.78, 5) is 37.0. The Labute approximate surface area is 94.1 Å². The zero-order valence-electron chi connectivity index (χ0n) is 8.23. The topological polar surface area (TPSA) is 129 Å². The molecule has 0 aromatic carbocycles. The number of H-pyrrole nitrogens is 2. The van der Waals surface area contributed by atoms with Crippen LogP contribution in [-0.2, 0) is 4.79 Å². The van der Waals surface area contributed by atoms with Gasteiger partial charge in [0.2, 0.25) is 0 Å². The van der Waals surface area contributed by atoms with Crippen molar-refractivity contribution in [1.82, 2.24) is 9.97 Å². The molecular weight excluding hydrogens is 234 g/mol. The molecule has 1 heterocycles. The number of aromatic amines is 2. The molecule has 7 nitrogen and oxygen atoms in total. The first-order chi connectivity index (χ1) is 7.50. The van der Waals surface area contributed by atoms with Crippen molar-refractivity contribution in [3.05, 3.63) is 27.0 Å². The van der Waals surface area contributed by atoms with Crippen LogP contribution in [-0.4, -0.2) is 32.8 Å². The molecule has 88 valence electrons. The lowest BCUT2D eigenvalue weighted by Gasteiger charge is -2.04. The van der Waals surface area contributed by atoms with Crippen LogP contribution in [0.3, 0.4) is 0 Å². The molecule has 8 heteroatoms. The quantitative estimate of drug-likeness (QED) is 0.490. The molecule has 5 N–H and O–H groups in total. The summed E-state index contributed by atoms with van der Waals surface area (Å²) in [6.07, 6.45) is 1.54. The average Bonchev–Trinajstić information content (AvgIpc) is 2.20. The van der Waals surface area contributed by atoms with Gasteiger partial charge in [0.15, 0.2) is 0 Å². The Morgan fingerprint density at radius 2 is 2.25 bits per heavy atom. The van der Waals surface area contributed by atoms with Gasteiger partial charge in [0, 0.05) is 11.9 Å². The summed E-state index contributed by atoms with van der Waals surface area (Å²) in [6.45, 7) is 0. The third-order valence-corrected chi connectivity index (χ3v) is 2.84. The second-order valence-corrected chi connectivity index (χ2v) is 4.15. The molecule has 0 spiro atoms. The monoisotopic (exact) mass is 245 g/mol. The van der Waals surface area contributed by atoms with Crippen LogP contribution in [0.15, 0.2) is 20.7 Å². The van der Waals surface area contributed by atoms with Crippen molar-refractivity contribution >= 4 is 17.7 Å². The van der Waals surface area contributed by atoms with Crippen molar-refractivity contribution < 1.29 is 9.90 Å². The molecule has 1 rings (SSSR count). The van der Waals surface area contributed by atoms with Crippen LogP contribution in [0, 0.1) is 0 Å². The van der Waals surface area contributed by atoms with E-state index in [9.17, 15) is 14.4 Å². The number of hydrogen-bond donors (Lipinski definition) is 4. The van der Waals surface area contributed by atoms with Gasteiger partial charge in [0.05, 0.1) is 4.90 Å². The Hall–Kier alpha value is -1.54. The molecule has 1 unspecified atom stereocenters. The maximum atomic E-state index is 11.2. The maximum Gasteiger partial charge on any atom is 0.325 e. The van der Waals surface area contributed by atoms with Gasteiger partial charge in [-0.3, -0.25) is 14.6 Å². The number of nitrogens with one attached hydrogen (secondary N) is 2. The van der Waals surface area contributed by atoms with Gasteiger partial charge in [-0.25, -0.2) is 4.79 Å². The van der Waals surface area contributed by atoms with E-state index in [0.29, 0.717) is 10.6 Å². The minimum Gasteiger partial charge on any atom is -0.480 e. The van der Waals surface area contributed by atoms with Crippen LogP contribution in [0.25, 0.3) is 0 Å². The molecule has 0 fully saturated rings. The molecule has 0 aliphatic rings. The highest BCUT2D eigenvalue weighted by molar-refractivity contribution is 7.99. The first kappa shape index (κ1) is 12.5. The summed E-state index contributed by atoms with van der Waals surface area (Å²) in [5, 5.41) is 8.52. The highest BCUT2D eigenvalue weighted by atomic mass is 32.2. The molecule has 0 aliphatic heterocycles. The van der Waals surface area contributed by atoms with Gasteiger partial charge in [-0.2, -0.15) is 0 Å². The normalized spacial score (nSPS) is 12.3. The van der Waals surface area contributed by atoms with E-state index in [-0.39, 0.29) is 6.42 Å². The predicted octanol–water partition coefficient (Wildman–Crippen LogP) is -1.04. The number of aromatic nitrogens is 2. The zero-order chi connectivity index (χ0) is 12.1. The third-order valence-electron chi connectivity index (χ3n) is 1.79. The van der Waals surface area contributed by atoms with Crippen LogP contribution < -0.4 is 17.0 Å². The van der Waals surface area contributed by atoms with Crippen molar-refractivity contribution in [3.63, 3.8) is 0 Å².